The molecule has 0 aromatic heterocycles. The monoisotopic (exact) mass is 249 g/mol. The highest BCUT2D eigenvalue weighted by molar-refractivity contribution is 7.92. The summed E-state index contributed by atoms with van der Waals surface area (Å²) < 4.78 is 21.7. The third-order valence-electron chi connectivity index (χ3n) is 3.29. The van der Waals surface area contributed by atoms with Crippen LogP contribution in [0.25, 0.3) is 0 Å². The summed E-state index contributed by atoms with van der Waals surface area (Å²) in [4.78, 5) is 13.6. The maximum Gasteiger partial charge on any atom is 0.243 e. The molecule has 0 saturated carbocycles. The smallest absolute Gasteiger partial charge is 0.243 e. The van der Waals surface area contributed by atoms with Gasteiger partial charge in [0.1, 0.15) is 4.75 Å². The molecule has 1 fully saturated rings. The lowest BCUT2D eigenvalue weighted by molar-refractivity contribution is -0.134. The van der Waals surface area contributed by atoms with Crippen molar-refractivity contribution in [3.05, 3.63) is 0 Å². The lowest BCUT2D eigenvalue weighted by atomic mass is 10.1. The molecule has 1 heterocycles. The Bertz CT molecular complexity index is 374. The summed E-state index contributed by atoms with van der Waals surface area (Å²) in [5.74, 6) is -0.411. The van der Waals surface area contributed by atoms with E-state index in [-0.39, 0.29) is 12.6 Å². The summed E-state index contributed by atoms with van der Waals surface area (Å²) in [6.07, 6.45) is 2.62. The zero-order chi connectivity index (χ0) is 12.6. The lowest BCUT2D eigenvalue weighted by Crippen LogP contribution is -2.51. The largest absolute Gasteiger partial charge is 0.394 e. The number of carbonyl (C=O) groups is 1. The van der Waals surface area contributed by atoms with Crippen LogP contribution >= 0.6 is 0 Å². The van der Waals surface area contributed by atoms with Gasteiger partial charge < -0.3 is 10.0 Å². The van der Waals surface area contributed by atoms with Crippen LogP contribution in [0.3, 0.4) is 0 Å². The van der Waals surface area contributed by atoms with Gasteiger partial charge in [0.05, 0.1) is 12.6 Å². The van der Waals surface area contributed by atoms with E-state index in [2.05, 4.69) is 0 Å². The number of carbonyl (C=O) groups excluding carboxylic acids is 1. The third kappa shape index (κ3) is 2.22. The second-order valence-electron chi connectivity index (χ2n) is 4.76. The van der Waals surface area contributed by atoms with Crippen LogP contribution in [0.15, 0.2) is 0 Å². The molecule has 0 unspecified atom stereocenters. The predicted octanol–water partition coefficient (Wildman–Crippen LogP) is -0.207. The van der Waals surface area contributed by atoms with Crippen molar-refractivity contribution in [3.8, 4) is 0 Å². The molecule has 5 nitrogen and oxygen atoms in total. The molecule has 1 rings (SSSR count). The van der Waals surface area contributed by atoms with E-state index in [9.17, 15) is 13.2 Å². The minimum absolute atomic E-state index is 0.106. The van der Waals surface area contributed by atoms with Crippen LogP contribution < -0.4 is 0 Å². The van der Waals surface area contributed by atoms with Gasteiger partial charge in [-0.2, -0.15) is 0 Å². The van der Waals surface area contributed by atoms with Crippen LogP contribution in [0, 0.1) is 0 Å². The molecule has 94 valence electrons. The number of hydrogen-bond acceptors (Lipinski definition) is 4. The molecule has 0 aromatic carbocycles. The molecule has 0 aromatic rings. The fourth-order valence-electron chi connectivity index (χ4n) is 1.80. The molecule has 1 aliphatic rings. The first-order chi connectivity index (χ1) is 7.21. The first-order valence-electron chi connectivity index (χ1n) is 5.33. The van der Waals surface area contributed by atoms with E-state index in [4.69, 9.17) is 5.11 Å². The average Bonchev–Trinajstić information content (AvgIpc) is 2.62. The second-order valence-corrected chi connectivity index (χ2v) is 7.32. The topological polar surface area (TPSA) is 74.7 Å². The minimum Gasteiger partial charge on any atom is -0.394 e. The normalized spacial score (nSPS) is 22.5. The van der Waals surface area contributed by atoms with E-state index in [0.717, 1.165) is 19.1 Å². The molecular formula is C10H19NO4S. The number of rotatable bonds is 3. The van der Waals surface area contributed by atoms with Crippen LogP contribution in [-0.2, 0) is 14.6 Å². The highest BCUT2D eigenvalue weighted by Crippen LogP contribution is 2.25. The standard InChI is InChI=1S/C10H19NO4S/c1-10(2,16(3,14)15)9(13)11-6-4-5-8(11)7-12/h8,12H,4-7H2,1-3H3/t8-/m0/s1. The van der Waals surface area contributed by atoms with Gasteiger partial charge in [0, 0.05) is 12.8 Å². The van der Waals surface area contributed by atoms with Gasteiger partial charge in [-0.15, -0.1) is 0 Å². The van der Waals surface area contributed by atoms with E-state index in [1.807, 2.05) is 0 Å². The molecular weight excluding hydrogens is 230 g/mol. The summed E-state index contributed by atoms with van der Waals surface area (Å²) in [6.45, 7) is 3.25. The Morgan fingerprint density at radius 3 is 2.50 bits per heavy atom. The molecule has 1 atom stereocenters. The van der Waals surface area contributed by atoms with Gasteiger partial charge in [-0.25, -0.2) is 8.42 Å². The SMILES string of the molecule is CC(C)(C(=O)N1CCC[C@H]1CO)S(C)(=O)=O. The van der Waals surface area contributed by atoms with Gasteiger partial charge in [0.25, 0.3) is 0 Å². The van der Waals surface area contributed by atoms with Crippen molar-refractivity contribution in [2.24, 2.45) is 0 Å². The predicted molar refractivity (Wildman–Crippen MR) is 60.7 cm³/mol. The third-order valence-corrected chi connectivity index (χ3v) is 5.32. The summed E-state index contributed by atoms with van der Waals surface area (Å²) in [5, 5.41) is 9.11. The van der Waals surface area contributed by atoms with Crippen molar-refractivity contribution in [3.63, 3.8) is 0 Å². The number of aliphatic hydroxyl groups is 1. The Hall–Kier alpha value is -0.620. The maximum absolute atomic E-state index is 12.1. The maximum atomic E-state index is 12.1. The molecule has 16 heavy (non-hydrogen) atoms. The fourth-order valence-corrected chi connectivity index (χ4v) is 2.23. The minimum atomic E-state index is -3.44. The molecule has 0 bridgehead atoms. The molecule has 1 N–H and O–H groups in total. The second kappa shape index (κ2) is 4.33. The van der Waals surface area contributed by atoms with E-state index in [0.29, 0.717) is 6.54 Å². The molecule has 6 heteroatoms. The quantitative estimate of drug-likeness (QED) is 0.751. The van der Waals surface area contributed by atoms with Gasteiger partial charge in [0.15, 0.2) is 9.84 Å². The number of likely N-dealkylation sites (tertiary alicyclic amines) is 1. The molecule has 0 aliphatic carbocycles. The Labute approximate surface area is 96.4 Å². The van der Waals surface area contributed by atoms with Crippen LogP contribution in [0.1, 0.15) is 26.7 Å². The van der Waals surface area contributed by atoms with E-state index >= 15 is 0 Å². The Morgan fingerprint density at radius 1 is 1.50 bits per heavy atom. The van der Waals surface area contributed by atoms with Crippen LogP contribution in [0.4, 0.5) is 0 Å². The Morgan fingerprint density at radius 2 is 2.06 bits per heavy atom. The van der Waals surface area contributed by atoms with Crippen molar-refractivity contribution < 1.29 is 18.3 Å². The number of hydrogen-bond donors (Lipinski definition) is 1. The number of aliphatic hydroxyl groups excluding tert-OH is 1. The number of sulfone groups is 1. The van der Waals surface area contributed by atoms with Crippen LogP contribution in [0.2, 0.25) is 0 Å². The molecule has 1 saturated heterocycles. The summed E-state index contributed by atoms with van der Waals surface area (Å²) in [7, 11) is -3.44. The summed E-state index contributed by atoms with van der Waals surface area (Å²) in [5.41, 5.74) is 0. The molecule has 0 radical (unpaired) electrons. The zero-order valence-corrected chi connectivity index (χ0v) is 10.7. The van der Waals surface area contributed by atoms with E-state index < -0.39 is 20.5 Å². The number of amides is 1. The first-order valence-corrected chi connectivity index (χ1v) is 7.22. The lowest BCUT2D eigenvalue weighted by Gasteiger charge is -2.31. The van der Waals surface area contributed by atoms with Gasteiger partial charge in [-0.05, 0) is 26.7 Å². The van der Waals surface area contributed by atoms with Crippen LogP contribution in [0.5, 0.6) is 0 Å². The van der Waals surface area contributed by atoms with Crippen molar-refractivity contribution in [1.29, 1.82) is 0 Å². The van der Waals surface area contributed by atoms with Gasteiger partial charge >= 0.3 is 0 Å². The fraction of sp³-hybridized carbons (Fsp3) is 0.900. The van der Waals surface area contributed by atoms with Gasteiger partial charge in [0.2, 0.25) is 5.91 Å². The van der Waals surface area contributed by atoms with E-state index in [1.165, 1.54) is 18.7 Å². The van der Waals surface area contributed by atoms with Crippen molar-refractivity contribution >= 4 is 15.7 Å². The van der Waals surface area contributed by atoms with Crippen LogP contribution in [-0.4, -0.2) is 54.5 Å². The van der Waals surface area contributed by atoms with Gasteiger partial charge in [-0.1, -0.05) is 0 Å². The van der Waals surface area contributed by atoms with Crippen molar-refractivity contribution in [1.82, 2.24) is 4.90 Å². The number of nitrogens with zero attached hydrogens (tertiary/aromatic N) is 1. The van der Waals surface area contributed by atoms with Crippen molar-refractivity contribution in [2.75, 3.05) is 19.4 Å². The average molecular weight is 249 g/mol. The van der Waals surface area contributed by atoms with E-state index in [1.54, 1.807) is 0 Å². The summed E-state index contributed by atoms with van der Waals surface area (Å²) >= 11 is 0. The van der Waals surface area contributed by atoms with Crippen molar-refractivity contribution in [2.45, 2.75) is 37.5 Å². The highest BCUT2D eigenvalue weighted by Gasteiger charge is 2.44. The highest BCUT2D eigenvalue weighted by atomic mass is 32.2. The zero-order valence-electron chi connectivity index (χ0n) is 9.93. The molecule has 1 amide bonds. The van der Waals surface area contributed by atoms with Gasteiger partial charge in [-0.3, -0.25) is 4.79 Å². The Balaban J connectivity index is 2.94. The first kappa shape index (κ1) is 13.4. The molecule has 1 aliphatic heterocycles. The summed E-state index contributed by atoms with van der Waals surface area (Å²) in [6, 6.07) is -0.228. The molecule has 0 spiro atoms. The Kier molecular flexibility index (Phi) is 3.64.